The van der Waals surface area contributed by atoms with Gasteiger partial charge in [0.1, 0.15) is 0 Å². The molecule has 0 spiro atoms. The van der Waals surface area contributed by atoms with Crippen LogP contribution in [0.5, 0.6) is 0 Å². The molecule has 0 aliphatic carbocycles. The number of aromatic nitrogens is 1. The Morgan fingerprint density at radius 2 is 1.71 bits per heavy atom. The number of nitrogens with zero attached hydrogens (tertiary/aromatic N) is 1. The smallest absolute Gasteiger partial charge is 0.308 e. The van der Waals surface area contributed by atoms with Crippen LogP contribution in [-0.2, 0) is 0 Å². The molecule has 2 aromatic carbocycles. The Bertz CT molecular complexity index is 854. The summed E-state index contributed by atoms with van der Waals surface area (Å²) in [6.45, 7) is 3.99. The first-order valence-corrected chi connectivity index (χ1v) is 8.63. The van der Waals surface area contributed by atoms with Crippen LogP contribution in [0.25, 0.3) is 11.3 Å². The van der Waals surface area contributed by atoms with Gasteiger partial charge in [-0.1, -0.05) is 29.8 Å². The van der Waals surface area contributed by atoms with Gasteiger partial charge in [-0.15, -0.1) is 11.3 Å². The van der Waals surface area contributed by atoms with E-state index in [1.165, 1.54) is 11.3 Å². The molecule has 1 heterocycles. The fraction of sp³-hybridized carbons (Fsp3) is 0.111. The summed E-state index contributed by atoms with van der Waals surface area (Å²) in [5.74, 6) is 0. The van der Waals surface area contributed by atoms with Gasteiger partial charge in [0.15, 0.2) is 5.13 Å². The van der Waals surface area contributed by atoms with Gasteiger partial charge in [-0.2, -0.15) is 0 Å². The fourth-order valence-electron chi connectivity index (χ4n) is 2.39. The molecule has 0 radical (unpaired) electrons. The van der Waals surface area contributed by atoms with E-state index in [1.807, 2.05) is 55.6 Å². The zero-order valence-corrected chi connectivity index (χ0v) is 14.8. The van der Waals surface area contributed by atoms with Gasteiger partial charge in [-0.3, -0.25) is 5.32 Å². The Morgan fingerprint density at radius 3 is 2.38 bits per heavy atom. The van der Waals surface area contributed by atoms with Crippen molar-refractivity contribution in [3.63, 3.8) is 0 Å². The summed E-state index contributed by atoms with van der Waals surface area (Å²) in [6, 6.07) is 13.0. The van der Waals surface area contributed by atoms with Crippen molar-refractivity contribution in [2.24, 2.45) is 0 Å². The number of amides is 2. The molecule has 2 amide bonds. The molecule has 0 bridgehead atoms. The van der Waals surface area contributed by atoms with E-state index in [0.29, 0.717) is 10.2 Å². The molecule has 1 aromatic heterocycles. The highest BCUT2D eigenvalue weighted by molar-refractivity contribution is 7.14. The maximum Gasteiger partial charge on any atom is 0.325 e. The van der Waals surface area contributed by atoms with Gasteiger partial charge in [-0.05, 0) is 49.2 Å². The van der Waals surface area contributed by atoms with Crippen LogP contribution >= 0.6 is 22.9 Å². The van der Waals surface area contributed by atoms with Crippen molar-refractivity contribution in [3.05, 3.63) is 64.0 Å². The molecule has 122 valence electrons. The lowest BCUT2D eigenvalue weighted by atomic mass is 10.1. The van der Waals surface area contributed by atoms with Crippen LogP contribution in [0.1, 0.15) is 11.1 Å². The van der Waals surface area contributed by atoms with E-state index in [-0.39, 0.29) is 6.03 Å². The summed E-state index contributed by atoms with van der Waals surface area (Å²) >= 11 is 7.27. The number of urea groups is 1. The first-order chi connectivity index (χ1) is 11.5. The first-order valence-electron chi connectivity index (χ1n) is 7.37. The van der Waals surface area contributed by atoms with Gasteiger partial charge >= 0.3 is 6.03 Å². The molecule has 24 heavy (non-hydrogen) atoms. The highest BCUT2D eigenvalue weighted by Crippen LogP contribution is 2.26. The predicted molar refractivity (Wildman–Crippen MR) is 101 cm³/mol. The van der Waals surface area contributed by atoms with Crippen LogP contribution in [0.4, 0.5) is 15.6 Å². The topological polar surface area (TPSA) is 54.0 Å². The minimum atomic E-state index is -0.308. The number of carbonyl (C=O) groups excluding carboxylic acids is 1. The van der Waals surface area contributed by atoms with Crippen molar-refractivity contribution in [2.75, 3.05) is 10.6 Å². The second-order valence-corrected chi connectivity index (χ2v) is 6.79. The number of hydrogen-bond donors (Lipinski definition) is 2. The number of halogens is 1. The third-order valence-electron chi connectivity index (χ3n) is 3.34. The molecule has 0 aliphatic heterocycles. The van der Waals surface area contributed by atoms with Crippen LogP contribution in [0.15, 0.2) is 47.8 Å². The van der Waals surface area contributed by atoms with Crippen molar-refractivity contribution in [3.8, 4) is 11.3 Å². The highest BCUT2D eigenvalue weighted by Gasteiger charge is 2.08. The van der Waals surface area contributed by atoms with Gasteiger partial charge in [0.25, 0.3) is 0 Å². The van der Waals surface area contributed by atoms with Crippen molar-refractivity contribution >= 4 is 39.8 Å². The summed E-state index contributed by atoms with van der Waals surface area (Å²) < 4.78 is 0. The molecular weight excluding hydrogens is 342 g/mol. The largest absolute Gasteiger partial charge is 0.325 e. The number of anilines is 2. The molecule has 0 fully saturated rings. The first kappa shape index (κ1) is 16.5. The third-order valence-corrected chi connectivity index (χ3v) is 4.35. The van der Waals surface area contributed by atoms with Crippen molar-refractivity contribution < 1.29 is 4.79 Å². The number of nitrogens with one attached hydrogen (secondary N) is 2. The van der Waals surface area contributed by atoms with E-state index in [4.69, 9.17) is 11.6 Å². The lowest BCUT2D eigenvalue weighted by Gasteiger charge is -2.07. The summed E-state index contributed by atoms with van der Waals surface area (Å²) in [7, 11) is 0. The second-order valence-electron chi connectivity index (χ2n) is 5.50. The molecule has 4 nitrogen and oxygen atoms in total. The van der Waals surface area contributed by atoms with Gasteiger partial charge in [0.2, 0.25) is 0 Å². The molecule has 3 rings (SSSR count). The normalized spacial score (nSPS) is 10.5. The maximum absolute atomic E-state index is 12.1. The predicted octanol–water partition coefficient (Wildman–Crippen LogP) is 5.72. The van der Waals surface area contributed by atoms with E-state index >= 15 is 0 Å². The van der Waals surface area contributed by atoms with Crippen LogP contribution < -0.4 is 10.6 Å². The summed E-state index contributed by atoms with van der Waals surface area (Å²) in [5.41, 5.74) is 4.73. The Kier molecular flexibility index (Phi) is 4.83. The molecule has 0 aliphatic rings. The minimum absolute atomic E-state index is 0.308. The molecule has 6 heteroatoms. The molecule has 0 unspecified atom stereocenters. The Morgan fingerprint density at radius 1 is 1.04 bits per heavy atom. The SMILES string of the molecule is Cc1cc(C)cc(NC(=O)Nc2nc(-c3ccc(Cl)cc3)cs2)c1. The number of hydrogen-bond acceptors (Lipinski definition) is 3. The van der Waals surface area contributed by atoms with Crippen molar-refractivity contribution in [1.29, 1.82) is 0 Å². The number of benzene rings is 2. The monoisotopic (exact) mass is 357 g/mol. The lowest BCUT2D eigenvalue weighted by Crippen LogP contribution is -2.19. The fourth-order valence-corrected chi connectivity index (χ4v) is 3.23. The number of aryl methyl sites for hydroxylation is 2. The molecule has 2 N–H and O–H groups in total. The van der Waals surface area contributed by atoms with E-state index in [9.17, 15) is 4.79 Å². The van der Waals surface area contributed by atoms with Crippen molar-refractivity contribution in [1.82, 2.24) is 4.98 Å². The standard InChI is InChI=1S/C18H16ClN3OS/c1-11-7-12(2)9-15(8-11)20-17(23)22-18-21-16(10-24-18)13-3-5-14(19)6-4-13/h3-10H,1-2H3,(H2,20,21,22,23). The van der Waals surface area contributed by atoms with Gasteiger partial charge in [-0.25, -0.2) is 9.78 Å². The lowest BCUT2D eigenvalue weighted by molar-refractivity contribution is 0.262. The van der Waals surface area contributed by atoms with E-state index in [1.54, 1.807) is 0 Å². The van der Waals surface area contributed by atoms with Crippen LogP contribution in [-0.4, -0.2) is 11.0 Å². The Labute approximate surface area is 149 Å². The summed E-state index contributed by atoms with van der Waals surface area (Å²) in [6.07, 6.45) is 0. The van der Waals surface area contributed by atoms with Crippen LogP contribution in [0.2, 0.25) is 5.02 Å². The highest BCUT2D eigenvalue weighted by atomic mass is 35.5. The maximum atomic E-state index is 12.1. The van der Waals surface area contributed by atoms with E-state index in [0.717, 1.165) is 28.1 Å². The second kappa shape index (κ2) is 7.03. The Hall–Kier alpha value is -2.37. The summed E-state index contributed by atoms with van der Waals surface area (Å²) in [5, 5.41) is 8.71. The van der Waals surface area contributed by atoms with Gasteiger partial charge < -0.3 is 5.32 Å². The zero-order valence-electron chi connectivity index (χ0n) is 13.3. The van der Waals surface area contributed by atoms with Gasteiger partial charge in [0, 0.05) is 21.7 Å². The summed E-state index contributed by atoms with van der Waals surface area (Å²) in [4.78, 5) is 16.6. The van der Waals surface area contributed by atoms with E-state index in [2.05, 4.69) is 21.7 Å². The average molecular weight is 358 g/mol. The molecular formula is C18H16ClN3OS. The number of rotatable bonds is 3. The third kappa shape index (κ3) is 4.13. The quantitative estimate of drug-likeness (QED) is 0.629. The molecule has 0 saturated carbocycles. The van der Waals surface area contributed by atoms with Crippen LogP contribution in [0, 0.1) is 13.8 Å². The molecule has 0 saturated heterocycles. The van der Waals surface area contributed by atoms with Gasteiger partial charge in [0.05, 0.1) is 5.69 Å². The zero-order chi connectivity index (χ0) is 17.1. The molecule has 3 aromatic rings. The van der Waals surface area contributed by atoms with Crippen LogP contribution in [0.3, 0.4) is 0 Å². The Balaban J connectivity index is 1.68. The minimum Gasteiger partial charge on any atom is -0.308 e. The number of thiazole rings is 1. The van der Waals surface area contributed by atoms with E-state index < -0.39 is 0 Å². The number of carbonyl (C=O) groups is 1. The van der Waals surface area contributed by atoms with Crippen molar-refractivity contribution in [2.45, 2.75) is 13.8 Å². The average Bonchev–Trinajstić information content (AvgIpc) is 2.95. The molecule has 0 atom stereocenters.